The van der Waals surface area contributed by atoms with E-state index in [0.717, 1.165) is 57.7 Å². The monoisotopic (exact) mass is 356 g/mol. The lowest BCUT2D eigenvalue weighted by molar-refractivity contribution is 0.742. The first-order valence-corrected chi connectivity index (χ1v) is 8.43. The van der Waals surface area contributed by atoms with Crippen molar-refractivity contribution in [1.82, 2.24) is 14.5 Å². The molecule has 22 heavy (non-hydrogen) atoms. The van der Waals surface area contributed by atoms with Gasteiger partial charge in [-0.3, -0.25) is 4.57 Å². The molecule has 113 valence electrons. The number of imidazole rings is 1. The maximum Gasteiger partial charge on any atom is 0.165 e. The van der Waals surface area contributed by atoms with Crippen molar-refractivity contribution in [3.8, 4) is 5.69 Å². The molecule has 2 heterocycles. The van der Waals surface area contributed by atoms with E-state index in [1.165, 1.54) is 0 Å². The van der Waals surface area contributed by atoms with Gasteiger partial charge in [-0.2, -0.15) is 0 Å². The third-order valence-electron chi connectivity index (χ3n) is 3.90. The molecule has 0 aliphatic carbocycles. The van der Waals surface area contributed by atoms with Crippen LogP contribution in [-0.4, -0.2) is 14.5 Å². The maximum atomic E-state index is 4.88. The van der Waals surface area contributed by atoms with Crippen LogP contribution in [0.4, 0.5) is 0 Å². The molecule has 4 heteroatoms. The molecule has 0 spiro atoms. The van der Waals surface area contributed by atoms with Crippen LogP contribution in [0.1, 0.15) is 36.8 Å². The highest BCUT2D eigenvalue weighted by atomic mass is 79.9. The molecule has 0 saturated heterocycles. The van der Waals surface area contributed by atoms with Crippen molar-refractivity contribution in [3.05, 3.63) is 51.9 Å². The fourth-order valence-electron chi connectivity index (χ4n) is 2.69. The van der Waals surface area contributed by atoms with Gasteiger partial charge in [-0.15, -0.1) is 0 Å². The van der Waals surface area contributed by atoms with Crippen LogP contribution in [0, 0.1) is 19.9 Å². The second-order valence-corrected chi connectivity index (χ2v) is 6.33. The van der Waals surface area contributed by atoms with Crippen molar-refractivity contribution < 1.29 is 0 Å². The van der Waals surface area contributed by atoms with Crippen molar-refractivity contribution in [2.45, 2.75) is 40.0 Å². The van der Waals surface area contributed by atoms with Crippen LogP contribution in [0.5, 0.6) is 0 Å². The lowest BCUT2D eigenvalue weighted by atomic mass is 10.2. The van der Waals surface area contributed by atoms with Gasteiger partial charge in [0.15, 0.2) is 5.65 Å². The number of nitrogens with zero attached hydrogens (tertiary/aromatic N) is 3. The first-order chi connectivity index (χ1) is 10.6. The number of aromatic nitrogens is 3. The number of fused-ring (bicyclic) bond motifs is 1. The van der Waals surface area contributed by atoms with Gasteiger partial charge in [0.2, 0.25) is 0 Å². The lowest BCUT2D eigenvalue weighted by Gasteiger charge is -2.09. The third kappa shape index (κ3) is 2.56. The zero-order valence-electron chi connectivity index (χ0n) is 13.2. The number of unbranched alkanes of at least 4 members (excludes halogenated alkanes) is 1. The summed E-state index contributed by atoms with van der Waals surface area (Å²) in [6.45, 7) is 6.32. The van der Waals surface area contributed by atoms with E-state index in [-0.39, 0.29) is 0 Å². The van der Waals surface area contributed by atoms with Crippen LogP contribution in [0.25, 0.3) is 16.9 Å². The van der Waals surface area contributed by atoms with E-state index in [0.29, 0.717) is 0 Å². The Labute approximate surface area is 139 Å². The molecule has 0 atom stereocenters. The molecule has 0 amide bonds. The van der Waals surface area contributed by atoms with Crippen molar-refractivity contribution >= 4 is 27.1 Å². The second-order valence-electron chi connectivity index (χ2n) is 5.54. The van der Waals surface area contributed by atoms with Crippen LogP contribution in [0.2, 0.25) is 0 Å². The van der Waals surface area contributed by atoms with Crippen molar-refractivity contribution in [1.29, 1.82) is 0 Å². The molecule has 1 aromatic carbocycles. The van der Waals surface area contributed by atoms with Gasteiger partial charge in [-0.25, -0.2) is 9.97 Å². The quantitative estimate of drug-likeness (QED) is 0.662. The number of hydrogen-bond acceptors (Lipinski definition) is 2. The normalized spacial score (nSPS) is 11.3. The maximum absolute atomic E-state index is 4.88. The third-order valence-corrected chi connectivity index (χ3v) is 5.07. The Morgan fingerprint density at radius 2 is 2.09 bits per heavy atom. The highest BCUT2D eigenvalue weighted by Crippen LogP contribution is 2.29. The van der Waals surface area contributed by atoms with Crippen molar-refractivity contribution in [2.24, 2.45) is 0 Å². The molecule has 2 aromatic heterocycles. The van der Waals surface area contributed by atoms with Crippen molar-refractivity contribution in [3.63, 3.8) is 0 Å². The van der Waals surface area contributed by atoms with Gasteiger partial charge in [-0.05, 0) is 60.0 Å². The molecule has 0 aliphatic heterocycles. The topological polar surface area (TPSA) is 30.7 Å². The fraction of sp³-hybridized carbons (Fsp3) is 0.333. The molecule has 0 bridgehead atoms. The molecule has 0 saturated carbocycles. The standard InChI is InChI=1S/C18H19BrN3/c1-4-5-11-15-21-17-12(2)16(19)13(3)20-18(17)22(15)14-9-7-6-8-10-14/h6-7,9-10H,4-5,11H2,1-3H3. The van der Waals surface area contributed by atoms with E-state index in [9.17, 15) is 0 Å². The lowest BCUT2D eigenvalue weighted by Crippen LogP contribution is -2.02. The SMILES string of the molecule is CCCCc1nc2c(C)c(Br)c(C)nc2n1-c1c[c]ccc1. The number of benzene rings is 1. The minimum absolute atomic E-state index is 0.934. The molecule has 0 unspecified atom stereocenters. The van der Waals surface area contributed by atoms with Gasteiger partial charge in [-0.1, -0.05) is 25.5 Å². The molecule has 1 radical (unpaired) electrons. The fourth-order valence-corrected chi connectivity index (χ4v) is 2.97. The predicted molar refractivity (Wildman–Crippen MR) is 93.5 cm³/mol. The van der Waals surface area contributed by atoms with Crippen LogP contribution in [-0.2, 0) is 6.42 Å². The van der Waals surface area contributed by atoms with E-state index in [1.54, 1.807) is 0 Å². The predicted octanol–water partition coefficient (Wildman–Crippen LogP) is 4.94. The van der Waals surface area contributed by atoms with E-state index in [2.05, 4.69) is 46.5 Å². The first kappa shape index (κ1) is 15.2. The number of aryl methyl sites for hydroxylation is 3. The molecule has 3 rings (SSSR count). The van der Waals surface area contributed by atoms with Gasteiger partial charge in [0.25, 0.3) is 0 Å². The Bertz CT molecular complexity index is 806. The van der Waals surface area contributed by atoms with Gasteiger partial charge in [0, 0.05) is 16.6 Å². The zero-order chi connectivity index (χ0) is 15.7. The number of rotatable bonds is 4. The molecule has 0 N–H and O–H groups in total. The Morgan fingerprint density at radius 1 is 1.27 bits per heavy atom. The summed E-state index contributed by atoms with van der Waals surface area (Å²) in [5, 5.41) is 0. The number of hydrogen-bond donors (Lipinski definition) is 0. The smallest absolute Gasteiger partial charge is 0.165 e. The van der Waals surface area contributed by atoms with Crippen LogP contribution < -0.4 is 0 Å². The summed E-state index contributed by atoms with van der Waals surface area (Å²) in [5.74, 6) is 1.07. The van der Waals surface area contributed by atoms with E-state index >= 15 is 0 Å². The Hall–Kier alpha value is -1.68. The Morgan fingerprint density at radius 3 is 2.77 bits per heavy atom. The second kappa shape index (κ2) is 6.21. The molecule has 3 nitrogen and oxygen atoms in total. The van der Waals surface area contributed by atoms with E-state index in [4.69, 9.17) is 9.97 Å². The van der Waals surface area contributed by atoms with Crippen LogP contribution in [0.15, 0.2) is 28.7 Å². The summed E-state index contributed by atoms with van der Waals surface area (Å²) in [4.78, 5) is 9.67. The molecule has 3 aromatic rings. The summed E-state index contributed by atoms with van der Waals surface area (Å²) in [6, 6.07) is 11.1. The summed E-state index contributed by atoms with van der Waals surface area (Å²) in [5.41, 5.74) is 5.13. The molecular weight excluding hydrogens is 338 g/mol. The van der Waals surface area contributed by atoms with Crippen LogP contribution in [0.3, 0.4) is 0 Å². The minimum atomic E-state index is 0.934. The van der Waals surface area contributed by atoms with Gasteiger partial charge < -0.3 is 0 Å². The van der Waals surface area contributed by atoms with E-state index in [1.807, 2.05) is 25.1 Å². The van der Waals surface area contributed by atoms with Crippen LogP contribution >= 0.6 is 15.9 Å². The number of halogens is 1. The minimum Gasteiger partial charge on any atom is -0.281 e. The number of pyridine rings is 1. The van der Waals surface area contributed by atoms with Gasteiger partial charge in [0.1, 0.15) is 11.3 Å². The Kier molecular flexibility index (Phi) is 4.30. The van der Waals surface area contributed by atoms with E-state index < -0.39 is 0 Å². The summed E-state index contributed by atoms with van der Waals surface area (Å²) in [7, 11) is 0. The summed E-state index contributed by atoms with van der Waals surface area (Å²) < 4.78 is 3.22. The Balaban J connectivity index is 2.31. The highest BCUT2D eigenvalue weighted by molar-refractivity contribution is 9.10. The zero-order valence-corrected chi connectivity index (χ0v) is 14.7. The molecule has 0 aliphatic rings. The van der Waals surface area contributed by atoms with Gasteiger partial charge >= 0.3 is 0 Å². The summed E-state index contributed by atoms with van der Waals surface area (Å²) >= 11 is 3.63. The van der Waals surface area contributed by atoms with Gasteiger partial charge in [0.05, 0.1) is 5.69 Å². The average Bonchev–Trinajstić information content (AvgIpc) is 2.90. The highest BCUT2D eigenvalue weighted by Gasteiger charge is 2.17. The largest absolute Gasteiger partial charge is 0.281 e. The molecule has 0 fully saturated rings. The first-order valence-electron chi connectivity index (χ1n) is 7.64. The molecular formula is C18H19BrN3. The summed E-state index contributed by atoms with van der Waals surface area (Å²) in [6.07, 6.45) is 3.23. The van der Waals surface area contributed by atoms with Crippen molar-refractivity contribution in [2.75, 3.05) is 0 Å². The average molecular weight is 357 g/mol.